The van der Waals surface area contributed by atoms with Crippen LogP contribution < -0.4 is 4.72 Å². The zero-order chi connectivity index (χ0) is 15.2. The molecule has 0 aliphatic heterocycles. The van der Waals surface area contributed by atoms with Gasteiger partial charge in [-0.05, 0) is 31.6 Å². The number of sulfonamides is 1. The first kappa shape index (κ1) is 17.1. The molecule has 1 aromatic rings. The molecular weight excluding hydrogens is 276 g/mol. The van der Waals surface area contributed by atoms with E-state index in [0.29, 0.717) is 12.1 Å². The lowest BCUT2D eigenvalue weighted by molar-refractivity contribution is 0.277. The van der Waals surface area contributed by atoms with Crippen LogP contribution in [0.3, 0.4) is 0 Å². The van der Waals surface area contributed by atoms with Crippen molar-refractivity contribution in [1.82, 2.24) is 9.62 Å². The van der Waals surface area contributed by atoms with Crippen molar-refractivity contribution in [3.63, 3.8) is 0 Å². The third-order valence-corrected chi connectivity index (χ3v) is 4.91. The maximum Gasteiger partial charge on any atom is 0.241 e. The summed E-state index contributed by atoms with van der Waals surface area (Å²) in [4.78, 5) is 2.30. The van der Waals surface area contributed by atoms with Crippen LogP contribution in [0.4, 0.5) is 0 Å². The summed E-state index contributed by atoms with van der Waals surface area (Å²) in [5, 5.41) is 9.24. The average Bonchev–Trinajstić information content (AvgIpc) is 2.44. The van der Waals surface area contributed by atoms with Crippen LogP contribution >= 0.6 is 0 Å². The summed E-state index contributed by atoms with van der Waals surface area (Å²) < 4.78 is 27.3. The number of rotatable bonds is 8. The number of hydrogen-bond donors (Lipinski definition) is 2. The van der Waals surface area contributed by atoms with E-state index in [1.54, 1.807) is 18.2 Å². The molecule has 0 aliphatic rings. The van der Waals surface area contributed by atoms with Crippen LogP contribution in [0.25, 0.3) is 0 Å². The van der Waals surface area contributed by atoms with Gasteiger partial charge in [0.25, 0.3) is 0 Å². The van der Waals surface area contributed by atoms with Gasteiger partial charge >= 0.3 is 0 Å². The van der Waals surface area contributed by atoms with E-state index >= 15 is 0 Å². The number of aliphatic hydroxyl groups is 1. The van der Waals surface area contributed by atoms with Crippen LogP contribution in [-0.2, 0) is 16.6 Å². The zero-order valence-corrected chi connectivity index (χ0v) is 13.2. The molecule has 0 aromatic heterocycles. The molecule has 0 aliphatic carbocycles. The first-order valence-corrected chi connectivity index (χ1v) is 8.36. The first-order chi connectivity index (χ1) is 9.44. The molecule has 0 fully saturated rings. The second-order valence-electron chi connectivity index (χ2n) is 4.77. The molecule has 0 saturated heterocycles. The van der Waals surface area contributed by atoms with Crippen molar-refractivity contribution in [2.75, 3.05) is 19.6 Å². The van der Waals surface area contributed by atoms with Gasteiger partial charge < -0.3 is 10.0 Å². The van der Waals surface area contributed by atoms with E-state index in [2.05, 4.69) is 9.62 Å². The molecule has 0 bridgehead atoms. The number of hydrogen-bond acceptors (Lipinski definition) is 4. The van der Waals surface area contributed by atoms with E-state index < -0.39 is 10.0 Å². The molecule has 114 valence electrons. The molecule has 0 saturated carbocycles. The number of nitrogens with one attached hydrogen (secondary N) is 1. The van der Waals surface area contributed by atoms with E-state index in [0.717, 1.165) is 13.1 Å². The summed E-state index contributed by atoms with van der Waals surface area (Å²) in [6, 6.07) is 6.31. The van der Waals surface area contributed by atoms with Crippen molar-refractivity contribution in [1.29, 1.82) is 0 Å². The lowest BCUT2D eigenvalue weighted by Gasteiger charge is -2.23. The summed E-state index contributed by atoms with van der Waals surface area (Å²) in [6.45, 7) is 8.08. The van der Waals surface area contributed by atoms with Crippen LogP contribution in [0.15, 0.2) is 29.2 Å². The van der Waals surface area contributed by atoms with E-state index in [1.807, 2.05) is 20.8 Å². The number of aliphatic hydroxyl groups excluding tert-OH is 1. The number of benzene rings is 1. The van der Waals surface area contributed by atoms with Crippen molar-refractivity contribution in [2.45, 2.75) is 38.3 Å². The van der Waals surface area contributed by atoms with Gasteiger partial charge in [-0.3, -0.25) is 0 Å². The fourth-order valence-corrected chi connectivity index (χ4v) is 3.60. The van der Waals surface area contributed by atoms with Gasteiger partial charge in [0.05, 0.1) is 11.5 Å². The van der Waals surface area contributed by atoms with Crippen molar-refractivity contribution < 1.29 is 13.5 Å². The SMILES string of the molecule is CCN(CC)CC(C)NS(=O)(=O)c1ccccc1CO. The molecular formula is C14H24N2O3S. The summed E-state index contributed by atoms with van der Waals surface area (Å²) in [7, 11) is -3.60. The Hall–Kier alpha value is -0.950. The molecule has 1 rings (SSSR count). The molecule has 0 spiro atoms. The van der Waals surface area contributed by atoms with Crippen LogP contribution in [-0.4, -0.2) is 44.1 Å². The standard InChI is InChI=1S/C14H24N2O3S/c1-4-16(5-2)10-12(3)15-20(18,19)14-9-7-6-8-13(14)11-17/h6-9,12,15,17H,4-5,10-11H2,1-3H3. The van der Waals surface area contributed by atoms with Crippen molar-refractivity contribution in [3.8, 4) is 0 Å². The van der Waals surface area contributed by atoms with Gasteiger partial charge in [0, 0.05) is 12.6 Å². The van der Waals surface area contributed by atoms with Crippen molar-refractivity contribution >= 4 is 10.0 Å². The Kier molecular flexibility index (Phi) is 6.61. The van der Waals surface area contributed by atoms with Crippen molar-refractivity contribution in [3.05, 3.63) is 29.8 Å². The van der Waals surface area contributed by atoms with Crippen LogP contribution in [0, 0.1) is 0 Å². The minimum absolute atomic E-state index is 0.147. The minimum Gasteiger partial charge on any atom is -0.392 e. The Bertz CT molecular complexity index is 513. The Balaban J connectivity index is 2.84. The van der Waals surface area contributed by atoms with Crippen LogP contribution in [0.5, 0.6) is 0 Å². The number of nitrogens with zero attached hydrogens (tertiary/aromatic N) is 1. The van der Waals surface area contributed by atoms with E-state index in [1.165, 1.54) is 6.07 Å². The van der Waals surface area contributed by atoms with E-state index in [4.69, 9.17) is 0 Å². The van der Waals surface area contributed by atoms with E-state index in [-0.39, 0.29) is 17.5 Å². The Morgan fingerprint density at radius 2 is 1.85 bits per heavy atom. The molecule has 1 unspecified atom stereocenters. The molecule has 0 heterocycles. The maximum atomic E-state index is 12.3. The third kappa shape index (κ3) is 4.56. The highest BCUT2D eigenvalue weighted by molar-refractivity contribution is 7.89. The van der Waals surface area contributed by atoms with Gasteiger partial charge in [-0.25, -0.2) is 13.1 Å². The largest absolute Gasteiger partial charge is 0.392 e. The number of likely N-dealkylation sites (N-methyl/N-ethyl adjacent to an activating group) is 1. The molecule has 5 nitrogen and oxygen atoms in total. The molecule has 1 aromatic carbocycles. The Morgan fingerprint density at radius 3 is 2.40 bits per heavy atom. The van der Waals surface area contributed by atoms with Gasteiger partial charge in [0.2, 0.25) is 10.0 Å². The lowest BCUT2D eigenvalue weighted by Crippen LogP contribution is -2.42. The predicted molar refractivity (Wildman–Crippen MR) is 79.9 cm³/mol. The van der Waals surface area contributed by atoms with Gasteiger partial charge in [-0.15, -0.1) is 0 Å². The third-order valence-electron chi connectivity index (χ3n) is 3.22. The summed E-state index contributed by atoms with van der Waals surface area (Å²) in [6.07, 6.45) is 0. The fraction of sp³-hybridized carbons (Fsp3) is 0.571. The van der Waals surface area contributed by atoms with Crippen LogP contribution in [0.2, 0.25) is 0 Å². The molecule has 0 radical (unpaired) electrons. The average molecular weight is 300 g/mol. The predicted octanol–water partition coefficient (Wildman–Crippen LogP) is 1.19. The summed E-state index contributed by atoms with van der Waals surface area (Å²) in [5.41, 5.74) is 0.412. The maximum absolute atomic E-state index is 12.3. The fourth-order valence-electron chi connectivity index (χ4n) is 2.13. The lowest BCUT2D eigenvalue weighted by atomic mass is 10.2. The van der Waals surface area contributed by atoms with Crippen molar-refractivity contribution in [2.24, 2.45) is 0 Å². The van der Waals surface area contributed by atoms with Gasteiger partial charge in [0.15, 0.2) is 0 Å². The first-order valence-electron chi connectivity index (χ1n) is 6.88. The quantitative estimate of drug-likeness (QED) is 0.756. The molecule has 0 amide bonds. The second kappa shape index (κ2) is 7.73. The Morgan fingerprint density at radius 1 is 1.25 bits per heavy atom. The Labute approximate surface area is 121 Å². The monoisotopic (exact) mass is 300 g/mol. The smallest absolute Gasteiger partial charge is 0.241 e. The van der Waals surface area contributed by atoms with Crippen LogP contribution in [0.1, 0.15) is 26.3 Å². The normalized spacial score (nSPS) is 13.7. The molecule has 2 N–H and O–H groups in total. The zero-order valence-electron chi connectivity index (χ0n) is 12.3. The highest BCUT2D eigenvalue weighted by atomic mass is 32.2. The topological polar surface area (TPSA) is 69.6 Å². The second-order valence-corrected chi connectivity index (χ2v) is 6.46. The highest BCUT2D eigenvalue weighted by Gasteiger charge is 2.20. The van der Waals surface area contributed by atoms with Gasteiger partial charge in [-0.2, -0.15) is 0 Å². The van der Waals surface area contributed by atoms with Gasteiger partial charge in [0.1, 0.15) is 0 Å². The van der Waals surface area contributed by atoms with E-state index in [9.17, 15) is 13.5 Å². The molecule has 20 heavy (non-hydrogen) atoms. The molecule has 6 heteroatoms. The highest BCUT2D eigenvalue weighted by Crippen LogP contribution is 2.15. The minimum atomic E-state index is -3.60. The summed E-state index contributed by atoms with van der Waals surface area (Å²) in [5.74, 6) is 0. The molecule has 1 atom stereocenters. The van der Waals surface area contributed by atoms with Gasteiger partial charge in [-0.1, -0.05) is 32.0 Å². The summed E-state index contributed by atoms with van der Waals surface area (Å²) >= 11 is 0.